The summed E-state index contributed by atoms with van der Waals surface area (Å²) in [6.07, 6.45) is 2.71. The van der Waals surface area contributed by atoms with Crippen molar-refractivity contribution in [3.63, 3.8) is 0 Å². The number of rotatable bonds is 14. The lowest BCUT2D eigenvalue weighted by Crippen LogP contribution is -2.52. The van der Waals surface area contributed by atoms with Gasteiger partial charge in [-0.05, 0) is 37.1 Å². The van der Waals surface area contributed by atoms with Crippen LogP contribution in [0.1, 0.15) is 81.2 Å². The van der Waals surface area contributed by atoms with Crippen molar-refractivity contribution in [3.8, 4) is 0 Å². The first-order valence-corrected chi connectivity index (χ1v) is 19.3. The molecular weight excluding hydrogens is 741 g/mol. The van der Waals surface area contributed by atoms with Gasteiger partial charge in [0.05, 0.1) is 25.3 Å². The molecule has 0 aliphatic carbocycles. The Labute approximate surface area is 312 Å². The SMILES string of the molecule is CCCCOn1c(C(=O)N[C@H]2COC[C@H]2NC(=O)c2ccc(C(=O)N3CCSC3=S)c(=O)n2OCCCC)ccc(C(=O)N2CCSC2=S)c1=O. The first-order valence-electron chi connectivity index (χ1n) is 16.5. The number of unbranched alkanes of at least 4 members (excludes halogenated alkanes) is 2. The molecule has 3 aliphatic heterocycles. The third-order valence-corrected chi connectivity index (χ3v) is 11.0. The number of carbonyl (C=O) groups excluding carboxylic acids is 4. The van der Waals surface area contributed by atoms with Gasteiger partial charge in [0.15, 0.2) is 0 Å². The van der Waals surface area contributed by atoms with Crippen LogP contribution in [0.25, 0.3) is 0 Å². The lowest BCUT2D eigenvalue weighted by molar-refractivity contribution is 0.0709. The molecule has 15 nitrogen and oxygen atoms in total. The van der Waals surface area contributed by atoms with Crippen LogP contribution in [0.5, 0.6) is 0 Å². The van der Waals surface area contributed by atoms with Gasteiger partial charge in [-0.2, -0.15) is 0 Å². The van der Waals surface area contributed by atoms with Gasteiger partial charge < -0.3 is 25.0 Å². The normalized spacial score (nSPS) is 18.6. The van der Waals surface area contributed by atoms with E-state index >= 15 is 0 Å². The molecule has 5 rings (SSSR count). The first kappa shape index (κ1) is 38.5. The standard InChI is InChI=1S/C32H38N6O9S4/c1-3-5-13-46-37-23(9-7-19(29(37)43)27(41)35-11-15-50-31(35)48)25(39)33-21-17-45-18-22(21)34-26(40)24-10-8-20(28(42)36-12-16-51-32(36)49)30(44)38(24)47-14-6-4-2/h7-10,21-22H,3-6,11-18H2,1-2H3,(H,33,39)(H,34,40)/t21-,22+. The maximum atomic E-state index is 13.6. The number of hydrogen-bond acceptors (Lipinski definition) is 13. The summed E-state index contributed by atoms with van der Waals surface area (Å²) in [6, 6.07) is 3.70. The van der Waals surface area contributed by atoms with Crippen molar-refractivity contribution in [2.45, 2.75) is 51.6 Å². The number of thiocarbonyl (C=S) groups is 2. The predicted molar refractivity (Wildman–Crippen MR) is 200 cm³/mol. The van der Waals surface area contributed by atoms with Gasteiger partial charge in [-0.25, -0.2) is 0 Å². The molecule has 0 radical (unpaired) electrons. The quantitative estimate of drug-likeness (QED) is 0.208. The van der Waals surface area contributed by atoms with Crippen molar-refractivity contribution >= 4 is 80.2 Å². The molecule has 19 heteroatoms. The van der Waals surface area contributed by atoms with Crippen molar-refractivity contribution in [1.82, 2.24) is 29.9 Å². The number of aromatic nitrogens is 2. The van der Waals surface area contributed by atoms with Crippen molar-refractivity contribution in [2.75, 3.05) is 51.0 Å². The Morgan fingerprint density at radius 3 is 1.51 bits per heavy atom. The highest BCUT2D eigenvalue weighted by Crippen LogP contribution is 2.21. The average molecular weight is 779 g/mol. The summed E-state index contributed by atoms with van der Waals surface area (Å²) in [7, 11) is 0. The zero-order valence-corrected chi connectivity index (χ0v) is 31.3. The Morgan fingerprint density at radius 2 is 1.16 bits per heavy atom. The van der Waals surface area contributed by atoms with E-state index in [9.17, 15) is 28.8 Å². The van der Waals surface area contributed by atoms with E-state index in [1.54, 1.807) is 0 Å². The van der Waals surface area contributed by atoms with E-state index in [-0.39, 0.29) is 48.9 Å². The van der Waals surface area contributed by atoms with Crippen LogP contribution in [-0.2, 0) is 4.74 Å². The number of nitrogens with one attached hydrogen (secondary N) is 2. The average Bonchev–Trinajstić information content (AvgIpc) is 3.86. The minimum absolute atomic E-state index is 0.0270. The van der Waals surface area contributed by atoms with Gasteiger partial charge in [0.25, 0.3) is 34.7 Å². The third-order valence-electron chi connectivity index (χ3n) is 8.17. The fourth-order valence-electron chi connectivity index (χ4n) is 5.33. The van der Waals surface area contributed by atoms with E-state index in [4.69, 9.17) is 38.8 Å². The van der Waals surface area contributed by atoms with E-state index in [0.717, 1.165) is 22.3 Å². The predicted octanol–water partition coefficient (Wildman–Crippen LogP) is 1.34. The van der Waals surface area contributed by atoms with Crippen molar-refractivity contribution < 1.29 is 33.6 Å². The minimum atomic E-state index is -0.802. The summed E-state index contributed by atoms with van der Waals surface area (Å²) in [4.78, 5) is 94.7. The van der Waals surface area contributed by atoms with E-state index in [1.807, 2.05) is 13.8 Å². The highest BCUT2D eigenvalue weighted by atomic mass is 32.2. The smallest absolute Gasteiger partial charge is 0.296 e. The molecule has 51 heavy (non-hydrogen) atoms. The molecular formula is C32H38N6O9S4. The number of carbonyl (C=O) groups is 4. The monoisotopic (exact) mass is 778 g/mol. The summed E-state index contributed by atoms with van der Waals surface area (Å²) in [6.45, 7) is 4.90. The number of thioether (sulfide) groups is 2. The third kappa shape index (κ3) is 8.65. The molecule has 0 spiro atoms. The second-order valence-corrected chi connectivity index (χ2v) is 15.1. The molecule has 0 aromatic carbocycles. The lowest BCUT2D eigenvalue weighted by Gasteiger charge is -2.23. The van der Waals surface area contributed by atoms with E-state index in [1.165, 1.54) is 57.6 Å². The van der Waals surface area contributed by atoms with E-state index in [2.05, 4.69) is 10.6 Å². The highest BCUT2D eigenvalue weighted by molar-refractivity contribution is 8.23. The molecule has 4 amide bonds. The molecule has 2 aromatic rings. The molecule has 3 saturated heterocycles. The largest absolute Gasteiger partial charge is 0.410 e. The van der Waals surface area contributed by atoms with E-state index in [0.29, 0.717) is 46.1 Å². The maximum Gasteiger partial charge on any atom is 0.296 e. The molecule has 0 unspecified atom stereocenters. The van der Waals surface area contributed by atoms with Crippen LogP contribution in [0.4, 0.5) is 0 Å². The lowest BCUT2D eigenvalue weighted by atomic mass is 10.1. The van der Waals surface area contributed by atoms with Crippen molar-refractivity contribution in [1.29, 1.82) is 0 Å². The highest BCUT2D eigenvalue weighted by Gasteiger charge is 2.35. The van der Waals surface area contributed by atoms with Crippen LogP contribution < -0.4 is 31.4 Å². The molecule has 0 saturated carbocycles. The Kier molecular flexibility index (Phi) is 13.3. The van der Waals surface area contributed by atoms with Crippen molar-refractivity contribution in [2.24, 2.45) is 0 Å². The van der Waals surface area contributed by atoms with Gasteiger partial charge in [0.2, 0.25) is 0 Å². The zero-order valence-electron chi connectivity index (χ0n) is 28.0. The number of nitrogens with zero attached hydrogens (tertiary/aromatic N) is 4. The summed E-state index contributed by atoms with van der Waals surface area (Å²) >= 11 is 13.2. The molecule has 3 aliphatic rings. The van der Waals surface area contributed by atoms with Crippen LogP contribution in [0.15, 0.2) is 33.9 Å². The van der Waals surface area contributed by atoms with Crippen LogP contribution in [0.2, 0.25) is 0 Å². The fourth-order valence-corrected chi connectivity index (χ4v) is 7.73. The number of ether oxygens (including phenoxy) is 1. The Balaban J connectivity index is 1.35. The Hall–Kier alpha value is -3.78. The number of amides is 4. The fraction of sp³-hybridized carbons (Fsp3) is 0.500. The molecule has 274 valence electrons. The summed E-state index contributed by atoms with van der Waals surface area (Å²) in [5.41, 5.74) is -2.29. The minimum Gasteiger partial charge on any atom is -0.410 e. The molecule has 3 fully saturated rings. The number of hydrogen-bond donors (Lipinski definition) is 2. The molecule has 2 aromatic heterocycles. The second kappa shape index (κ2) is 17.6. The topological polar surface area (TPSA) is 171 Å². The molecule has 0 bridgehead atoms. The molecule has 5 heterocycles. The van der Waals surface area contributed by atoms with Gasteiger partial charge in [-0.1, -0.05) is 74.6 Å². The van der Waals surface area contributed by atoms with Crippen molar-refractivity contribution in [3.05, 3.63) is 67.5 Å². The molecule has 2 N–H and O–H groups in total. The van der Waals surface area contributed by atoms with E-state index < -0.39 is 46.8 Å². The van der Waals surface area contributed by atoms with Gasteiger partial charge in [-0.15, -0.1) is 9.46 Å². The van der Waals surface area contributed by atoms with Crippen LogP contribution in [0.3, 0.4) is 0 Å². The number of pyridine rings is 2. The molecule has 2 atom stereocenters. The maximum absolute atomic E-state index is 13.6. The second-order valence-electron chi connectivity index (χ2n) is 11.7. The van der Waals surface area contributed by atoms with Crippen LogP contribution >= 0.6 is 48.0 Å². The van der Waals surface area contributed by atoms with Crippen LogP contribution in [0, 0.1) is 0 Å². The van der Waals surface area contributed by atoms with Gasteiger partial charge in [-0.3, -0.25) is 38.6 Å². The first-order chi connectivity index (χ1) is 24.6. The van der Waals surface area contributed by atoms with Gasteiger partial charge in [0, 0.05) is 24.6 Å². The summed E-state index contributed by atoms with van der Waals surface area (Å²) in [5, 5.41) is 5.59. The Bertz CT molecular complexity index is 1700. The van der Waals surface area contributed by atoms with Gasteiger partial charge >= 0.3 is 0 Å². The van der Waals surface area contributed by atoms with Gasteiger partial charge in [0.1, 0.15) is 44.4 Å². The van der Waals surface area contributed by atoms with Crippen LogP contribution in [-0.4, -0.2) is 115 Å². The summed E-state index contributed by atoms with van der Waals surface area (Å²) < 4.78 is 7.96. The zero-order chi connectivity index (χ0) is 36.7. The Morgan fingerprint density at radius 1 is 0.745 bits per heavy atom. The summed E-state index contributed by atoms with van der Waals surface area (Å²) in [5.74, 6) is -1.31.